The Bertz CT molecular complexity index is 487. The van der Waals surface area contributed by atoms with Crippen LogP contribution in [0.1, 0.15) is 15.9 Å². The molecular weight excluding hydrogens is 276 g/mol. The second-order valence-corrected chi connectivity index (χ2v) is 4.43. The minimum Gasteiger partial charge on any atom is -0.478 e. The van der Waals surface area contributed by atoms with Gasteiger partial charge < -0.3 is 15.3 Å². The van der Waals surface area contributed by atoms with Crippen LogP contribution in [0.5, 0.6) is 0 Å². The number of carboxylic acid groups (broad SMARTS) is 1. The summed E-state index contributed by atoms with van der Waals surface area (Å²) in [4.78, 5) is 23.8. The maximum Gasteiger partial charge on any atom is 0.336 e. The molecule has 0 fully saturated rings. The Morgan fingerprint density at radius 3 is 2.88 bits per heavy atom. The van der Waals surface area contributed by atoms with Crippen molar-refractivity contribution in [2.75, 3.05) is 12.4 Å². The van der Waals surface area contributed by atoms with Crippen LogP contribution in [0, 0.1) is 0 Å². The van der Waals surface area contributed by atoms with Crippen LogP contribution in [0.25, 0.3) is 0 Å². The van der Waals surface area contributed by atoms with E-state index in [0.29, 0.717) is 16.7 Å². The third-order valence-corrected chi connectivity index (χ3v) is 3.08. The van der Waals surface area contributed by atoms with Gasteiger partial charge in [0.05, 0.1) is 5.56 Å². The molecule has 0 saturated carbocycles. The van der Waals surface area contributed by atoms with Gasteiger partial charge in [-0.25, -0.2) is 9.59 Å². The molecular formula is C10H9BrN2O3. The zero-order valence-corrected chi connectivity index (χ0v) is 10.0. The predicted molar refractivity (Wildman–Crippen MR) is 61.6 cm³/mol. The van der Waals surface area contributed by atoms with Crippen LogP contribution in [0.2, 0.25) is 0 Å². The summed E-state index contributed by atoms with van der Waals surface area (Å²) in [5, 5.41) is 11.6. The summed E-state index contributed by atoms with van der Waals surface area (Å²) in [7, 11) is 1.65. The predicted octanol–water partition coefficient (Wildman–Crippen LogP) is 2.12. The first-order valence-electron chi connectivity index (χ1n) is 4.57. The molecule has 0 unspecified atom stereocenters. The molecule has 84 valence electrons. The van der Waals surface area contributed by atoms with Gasteiger partial charge in [0.15, 0.2) is 0 Å². The molecule has 0 saturated heterocycles. The smallest absolute Gasteiger partial charge is 0.336 e. The quantitative estimate of drug-likeness (QED) is 0.830. The average molecular weight is 285 g/mol. The van der Waals surface area contributed by atoms with Crippen LogP contribution in [0.4, 0.5) is 10.5 Å². The number of carbonyl (C=O) groups excluding carboxylic acids is 1. The zero-order chi connectivity index (χ0) is 11.9. The number of aromatic carboxylic acids is 1. The Labute approximate surface area is 100 Å². The summed E-state index contributed by atoms with van der Waals surface area (Å²) in [6.45, 7) is 0.411. The van der Waals surface area contributed by atoms with Crippen molar-refractivity contribution in [1.82, 2.24) is 4.90 Å². The van der Waals surface area contributed by atoms with Crippen LogP contribution in [-0.4, -0.2) is 29.1 Å². The number of nitrogens with one attached hydrogen (secondary N) is 1. The lowest BCUT2D eigenvalue weighted by atomic mass is 10.1. The van der Waals surface area contributed by atoms with Crippen molar-refractivity contribution in [3.8, 4) is 0 Å². The van der Waals surface area contributed by atoms with Crippen molar-refractivity contribution in [3.05, 3.63) is 27.7 Å². The number of hydrogen-bond donors (Lipinski definition) is 2. The Morgan fingerprint density at radius 1 is 1.56 bits per heavy atom. The van der Waals surface area contributed by atoms with Crippen molar-refractivity contribution in [2.24, 2.45) is 0 Å². The molecule has 2 amide bonds. The Hall–Kier alpha value is -1.56. The molecule has 1 aliphatic heterocycles. The maximum absolute atomic E-state index is 11.4. The number of benzene rings is 1. The summed E-state index contributed by atoms with van der Waals surface area (Å²) in [5.41, 5.74) is 1.64. The van der Waals surface area contributed by atoms with Gasteiger partial charge >= 0.3 is 12.0 Å². The largest absolute Gasteiger partial charge is 0.478 e. The minimum absolute atomic E-state index is 0.192. The lowest BCUT2D eigenvalue weighted by molar-refractivity contribution is 0.0696. The topological polar surface area (TPSA) is 69.6 Å². The molecule has 2 N–H and O–H groups in total. The lowest BCUT2D eigenvalue weighted by Crippen LogP contribution is -2.35. The van der Waals surface area contributed by atoms with Crippen LogP contribution in [-0.2, 0) is 6.54 Å². The number of anilines is 1. The van der Waals surface area contributed by atoms with E-state index in [9.17, 15) is 9.59 Å². The van der Waals surface area contributed by atoms with Gasteiger partial charge in [-0.1, -0.05) is 0 Å². The summed E-state index contributed by atoms with van der Waals surface area (Å²) >= 11 is 3.17. The molecule has 1 aromatic carbocycles. The van der Waals surface area contributed by atoms with Crippen LogP contribution >= 0.6 is 15.9 Å². The van der Waals surface area contributed by atoms with E-state index in [1.54, 1.807) is 19.2 Å². The number of carboxylic acids is 1. The molecule has 0 aliphatic carbocycles. The van der Waals surface area contributed by atoms with Gasteiger partial charge in [-0.15, -0.1) is 0 Å². The molecule has 1 heterocycles. The van der Waals surface area contributed by atoms with E-state index in [1.165, 1.54) is 4.90 Å². The number of hydrogen-bond acceptors (Lipinski definition) is 2. The number of fused-ring (bicyclic) bond motifs is 1. The summed E-state index contributed by atoms with van der Waals surface area (Å²) in [5.74, 6) is -0.991. The Kier molecular flexibility index (Phi) is 2.59. The van der Waals surface area contributed by atoms with Crippen molar-refractivity contribution >= 4 is 33.6 Å². The van der Waals surface area contributed by atoms with Crippen molar-refractivity contribution in [3.63, 3.8) is 0 Å². The van der Waals surface area contributed by atoms with E-state index in [4.69, 9.17) is 5.11 Å². The van der Waals surface area contributed by atoms with Crippen molar-refractivity contribution in [1.29, 1.82) is 0 Å². The number of rotatable bonds is 1. The van der Waals surface area contributed by atoms with Crippen LogP contribution in [0.3, 0.4) is 0 Å². The van der Waals surface area contributed by atoms with E-state index >= 15 is 0 Å². The summed E-state index contributed by atoms with van der Waals surface area (Å²) in [6.07, 6.45) is 0. The molecule has 5 nitrogen and oxygen atoms in total. The monoisotopic (exact) mass is 284 g/mol. The first kappa shape index (κ1) is 10.9. The Morgan fingerprint density at radius 2 is 2.25 bits per heavy atom. The van der Waals surface area contributed by atoms with E-state index in [0.717, 1.165) is 5.56 Å². The molecule has 0 bridgehead atoms. The molecule has 2 rings (SSSR count). The molecule has 1 aromatic rings. The van der Waals surface area contributed by atoms with Gasteiger partial charge in [0.2, 0.25) is 0 Å². The Balaban J connectivity index is 2.50. The molecule has 0 aromatic heterocycles. The highest BCUT2D eigenvalue weighted by Crippen LogP contribution is 2.29. The number of carbonyl (C=O) groups is 2. The number of halogens is 1. The van der Waals surface area contributed by atoms with Gasteiger partial charge in [-0.3, -0.25) is 0 Å². The third-order valence-electron chi connectivity index (χ3n) is 2.42. The van der Waals surface area contributed by atoms with E-state index < -0.39 is 5.97 Å². The fraction of sp³-hybridized carbons (Fsp3) is 0.200. The average Bonchev–Trinajstić information content (AvgIpc) is 2.19. The number of nitrogens with zero attached hydrogens (tertiary/aromatic N) is 1. The molecule has 6 heteroatoms. The molecule has 1 aliphatic rings. The van der Waals surface area contributed by atoms with Crippen molar-refractivity contribution < 1.29 is 14.7 Å². The lowest BCUT2D eigenvalue weighted by Gasteiger charge is -2.26. The van der Waals surface area contributed by atoms with E-state index in [2.05, 4.69) is 21.2 Å². The van der Waals surface area contributed by atoms with E-state index in [-0.39, 0.29) is 11.6 Å². The standard InChI is InChI=1S/C10H9BrN2O3/c1-13-4-5-2-6(9(14)15)7(11)3-8(5)12-10(13)16/h2-3H,4H2,1H3,(H,12,16)(H,14,15). The normalized spacial score (nSPS) is 14.4. The molecule has 0 atom stereocenters. The summed E-state index contributed by atoms with van der Waals surface area (Å²) < 4.78 is 0.462. The minimum atomic E-state index is -0.991. The summed E-state index contributed by atoms with van der Waals surface area (Å²) in [6, 6.07) is 2.99. The molecule has 0 spiro atoms. The molecule has 0 radical (unpaired) electrons. The third kappa shape index (κ3) is 1.76. The first-order valence-corrected chi connectivity index (χ1v) is 5.36. The van der Waals surface area contributed by atoms with Crippen LogP contribution < -0.4 is 5.32 Å². The van der Waals surface area contributed by atoms with Gasteiger partial charge in [-0.05, 0) is 33.6 Å². The second-order valence-electron chi connectivity index (χ2n) is 3.58. The maximum atomic E-state index is 11.4. The number of urea groups is 1. The highest BCUT2D eigenvalue weighted by molar-refractivity contribution is 9.10. The fourth-order valence-electron chi connectivity index (χ4n) is 1.57. The van der Waals surface area contributed by atoms with Gasteiger partial charge in [-0.2, -0.15) is 0 Å². The van der Waals surface area contributed by atoms with E-state index in [1.807, 2.05) is 0 Å². The second kappa shape index (κ2) is 3.79. The SMILES string of the molecule is CN1Cc2cc(C(=O)O)c(Br)cc2NC1=O. The first-order chi connectivity index (χ1) is 7.49. The van der Waals surface area contributed by atoms with Crippen molar-refractivity contribution in [2.45, 2.75) is 6.54 Å². The number of amides is 2. The van der Waals surface area contributed by atoms with Gasteiger partial charge in [0, 0.05) is 23.8 Å². The highest BCUT2D eigenvalue weighted by atomic mass is 79.9. The highest BCUT2D eigenvalue weighted by Gasteiger charge is 2.22. The fourth-order valence-corrected chi connectivity index (χ4v) is 2.08. The molecule has 16 heavy (non-hydrogen) atoms. The zero-order valence-electron chi connectivity index (χ0n) is 8.45. The van der Waals surface area contributed by atoms with Crippen LogP contribution in [0.15, 0.2) is 16.6 Å². The van der Waals surface area contributed by atoms with Gasteiger partial charge in [0.25, 0.3) is 0 Å². The van der Waals surface area contributed by atoms with Gasteiger partial charge in [0.1, 0.15) is 0 Å².